The van der Waals surface area contributed by atoms with Crippen LogP contribution in [0.5, 0.6) is 0 Å². The summed E-state index contributed by atoms with van der Waals surface area (Å²) in [6.45, 7) is 0. The van der Waals surface area contributed by atoms with Crippen molar-refractivity contribution in [2.24, 2.45) is 7.05 Å². The van der Waals surface area contributed by atoms with Gasteiger partial charge >= 0.3 is 0 Å². The number of hydrogen-bond donors (Lipinski definition) is 1. The van der Waals surface area contributed by atoms with Crippen LogP contribution in [0.1, 0.15) is 5.82 Å². The topological polar surface area (TPSA) is 104 Å². The van der Waals surface area contributed by atoms with Gasteiger partial charge in [-0.05, 0) is 23.4 Å². The third-order valence-corrected chi connectivity index (χ3v) is 4.08. The van der Waals surface area contributed by atoms with Crippen LogP contribution in [0.3, 0.4) is 0 Å². The van der Waals surface area contributed by atoms with E-state index in [0.29, 0.717) is 5.02 Å². The fourth-order valence-electron chi connectivity index (χ4n) is 1.41. The SMILES string of the molecule is Cn1nnc(CS(=O)(=O)c2cc(Cl)ccc2N)n1. The number of aromatic nitrogens is 4. The molecule has 0 radical (unpaired) electrons. The van der Waals surface area contributed by atoms with Crippen molar-refractivity contribution in [2.45, 2.75) is 10.6 Å². The quantitative estimate of drug-likeness (QED) is 0.821. The number of rotatable bonds is 3. The third-order valence-electron chi connectivity index (χ3n) is 2.18. The van der Waals surface area contributed by atoms with E-state index in [4.69, 9.17) is 17.3 Å². The fraction of sp³-hybridized carbons (Fsp3) is 0.222. The Bertz CT molecular complexity index is 682. The molecule has 0 fully saturated rings. The molecule has 1 aromatic heterocycles. The molecule has 7 nitrogen and oxygen atoms in total. The first-order chi connectivity index (χ1) is 8.38. The van der Waals surface area contributed by atoms with Crippen LogP contribution in [0.2, 0.25) is 5.02 Å². The van der Waals surface area contributed by atoms with E-state index in [1.165, 1.54) is 23.0 Å². The summed E-state index contributed by atoms with van der Waals surface area (Å²) in [4.78, 5) is 1.16. The van der Waals surface area contributed by atoms with Crippen LogP contribution < -0.4 is 5.73 Å². The highest BCUT2D eigenvalue weighted by Crippen LogP contribution is 2.25. The van der Waals surface area contributed by atoms with Crippen LogP contribution in [0.25, 0.3) is 0 Å². The van der Waals surface area contributed by atoms with Crippen LogP contribution in [-0.2, 0) is 22.6 Å². The van der Waals surface area contributed by atoms with E-state index in [-0.39, 0.29) is 22.2 Å². The number of sulfone groups is 1. The van der Waals surface area contributed by atoms with E-state index in [1.54, 1.807) is 7.05 Å². The molecule has 18 heavy (non-hydrogen) atoms. The maximum absolute atomic E-state index is 12.1. The van der Waals surface area contributed by atoms with Gasteiger partial charge in [0.15, 0.2) is 15.7 Å². The van der Waals surface area contributed by atoms with E-state index in [2.05, 4.69) is 15.4 Å². The van der Waals surface area contributed by atoms with E-state index >= 15 is 0 Å². The summed E-state index contributed by atoms with van der Waals surface area (Å²) in [5, 5.41) is 11.3. The van der Waals surface area contributed by atoms with Crippen molar-refractivity contribution in [2.75, 3.05) is 5.73 Å². The summed E-state index contributed by atoms with van der Waals surface area (Å²) >= 11 is 5.76. The number of benzene rings is 1. The van der Waals surface area contributed by atoms with Gasteiger partial charge < -0.3 is 5.73 Å². The van der Waals surface area contributed by atoms with Gasteiger partial charge in [-0.3, -0.25) is 0 Å². The molecule has 0 aliphatic heterocycles. The molecular formula is C9H10ClN5O2S. The predicted octanol–water partition coefficient (Wildman–Crippen LogP) is 0.420. The molecule has 0 amide bonds. The zero-order valence-corrected chi connectivity index (χ0v) is 11.0. The summed E-state index contributed by atoms with van der Waals surface area (Å²) in [6.07, 6.45) is 0. The van der Waals surface area contributed by atoms with Crippen molar-refractivity contribution >= 4 is 27.1 Å². The summed E-state index contributed by atoms with van der Waals surface area (Å²) in [5.41, 5.74) is 5.78. The van der Waals surface area contributed by atoms with Crippen LogP contribution in [0, 0.1) is 0 Å². The van der Waals surface area contributed by atoms with Crippen molar-refractivity contribution in [3.05, 3.63) is 29.0 Å². The maximum Gasteiger partial charge on any atom is 0.190 e. The minimum absolute atomic E-state index is 0.0255. The number of anilines is 1. The third kappa shape index (κ3) is 2.59. The Morgan fingerprint density at radius 2 is 2.17 bits per heavy atom. The second-order valence-corrected chi connectivity index (χ2v) is 6.03. The first-order valence-electron chi connectivity index (χ1n) is 4.89. The lowest BCUT2D eigenvalue weighted by atomic mass is 10.3. The molecule has 0 atom stereocenters. The first kappa shape index (κ1) is 12.8. The number of halogens is 1. The molecule has 2 aromatic rings. The molecule has 0 bridgehead atoms. The number of hydrogen-bond acceptors (Lipinski definition) is 6. The van der Waals surface area contributed by atoms with Gasteiger partial charge in [-0.1, -0.05) is 11.6 Å². The van der Waals surface area contributed by atoms with Crippen molar-refractivity contribution in [3.8, 4) is 0 Å². The smallest absolute Gasteiger partial charge is 0.190 e. The van der Waals surface area contributed by atoms with Gasteiger partial charge in [-0.15, -0.1) is 10.2 Å². The molecule has 0 saturated heterocycles. The lowest BCUT2D eigenvalue weighted by Gasteiger charge is -2.05. The lowest BCUT2D eigenvalue weighted by molar-refractivity contribution is 0.593. The Kier molecular flexibility index (Phi) is 3.22. The van der Waals surface area contributed by atoms with Crippen molar-refractivity contribution in [1.29, 1.82) is 0 Å². The van der Waals surface area contributed by atoms with Gasteiger partial charge in [0.1, 0.15) is 5.75 Å². The highest BCUT2D eigenvalue weighted by molar-refractivity contribution is 7.90. The number of tetrazole rings is 1. The number of nitrogens with zero attached hydrogens (tertiary/aromatic N) is 4. The van der Waals surface area contributed by atoms with Crippen LogP contribution >= 0.6 is 11.6 Å². The van der Waals surface area contributed by atoms with Crippen molar-refractivity contribution in [1.82, 2.24) is 20.2 Å². The van der Waals surface area contributed by atoms with E-state index in [0.717, 1.165) is 0 Å². The largest absolute Gasteiger partial charge is 0.398 e. The zero-order valence-electron chi connectivity index (χ0n) is 9.41. The Balaban J connectivity index is 2.39. The molecule has 0 saturated carbocycles. The molecule has 96 valence electrons. The minimum Gasteiger partial charge on any atom is -0.398 e. The summed E-state index contributed by atoms with van der Waals surface area (Å²) < 4.78 is 24.3. The zero-order chi connectivity index (χ0) is 13.3. The Labute approximate surface area is 108 Å². The van der Waals surface area contributed by atoms with Gasteiger partial charge in [0.05, 0.1) is 17.6 Å². The fourth-order valence-corrected chi connectivity index (χ4v) is 2.99. The Morgan fingerprint density at radius 3 is 2.78 bits per heavy atom. The highest BCUT2D eigenvalue weighted by atomic mass is 35.5. The normalized spacial score (nSPS) is 11.7. The standard InChI is InChI=1S/C9H10ClN5O2S/c1-15-13-9(12-14-15)5-18(16,17)8-4-6(10)2-3-7(8)11/h2-4H,5,11H2,1H3. The molecule has 0 aliphatic rings. The van der Waals surface area contributed by atoms with Crippen LogP contribution in [0.15, 0.2) is 23.1 Å². The molecule has 1 aromatic carbocycles. The molecule has 0 unspecified atom stereocenters. The summed E-state index contributed by atoms with van der Waals surface area (Å²) in [5.74, 6) is -0.261. The molecule has 0 aliphatic carbocycles. The number of nitrogens with two attached hydrogens (primary N) is 1. The van der Waals surface area contributed by atoms with Gasteiger partial charge in [0.2, 0.25) is 0 Å². The predicted molar refractivity (Wildman–Crippen MR) is 65.6 cm³/mol. The molecule has 2 N–H and O–H groups in total. The lowest BCUT2D eigenvalue weighted by Crippen LogP contribution is -2.09. The molecule has 1 heterocycles. The van der Waals surface area contributed by atoms with Gasteiger partial charge in [-0.25, -0.2) is 8.42 Å². The van der Waals surface area contributed by atoms with Gasteiger partial charge in [0, 0.05) is 5.02 Å². The van der Waals surface area contributed by atoms with Crippen molar-refractivity contribution in [3.63, 3.8) is 0 Å². The molecule has 9 heteroatoms. The van der Waals surface area contributed by atoms with Gasteiger partial charge in [0.25, 0.3) is 0 Å². The second-order valence-electron chi connectivity index (χ2n) is 3.64. The Morgan fingerprint density at radius 1 is 1.44 bits per heavy atom. The van der Waals surface area contributed by atoms with Gasteiger partial charge in [-0.2, -0.15) is 4.80 Å². The first-order valence-corrected chi connectivity index (χ1v) is 6.92. The summed E-state index contributed by atoms with van der Waals surface area (Å²) in [6, 6.07) is 4.28. The average Bonchev–Trinajstić information content (AvgIpc) is 2.66. The molecule has 2 rings (SSSR count). The number of aryl methyl sites for hydroxylation is 1. The van der Waals surface area contributed by atoms with Crippen LogP contribution in [0.4, 0.5) is 5.69 Å². The number of nitrogen functional groups attached to an aromatic ring is 1. The van der Waals surface area contributed by atoms with E-state index < -0.39 is 9.84 Å². The summed E-state index contributed by atoms with van der Waals surface area (Å²) in [7, 11) is -2.09. The molecular weight excluding hydrogens is 278 g/mol. The molecule has 0 spiro atoms. The average molecular weight is 288 g/mol. The van der Waals surface area contributed by atoms with E-state index in [9.17, 15) is 8.42 Å². The highest BCUT2D eigenvalue weighted by Gasteiger charge is 2.21. The minimum atomic E-state index is -3.64. The van der Waals surface area contributed by atoms with Crippen molar-refractivity contribution < 1.29 is 8.42 Å². The monoisotopic (exact) mass is 287 g/mol. The van der Waals surface area contributed by atoms with E-state index in [1.807, 2.05) is 0 Å². The van der Waals surface area contributed by atoms with Crippen LogP contribution in [-0.4, -0.2) is 28.6 Å². The Hall–Kier alpha value is -1.67. The second kappa shape index (κ2) is 4.54. The maximum atomic E-state index is 12.1.